The number of benzene rings is 2. The summed E-state index contributed by atoms with van der Waals surface area (Å²) >= 11 is 1.69. The number of sulfonamides is 1. The fourth-order valence-electron chi connectivity index (χ4n) is 5.29. The molecule has 3 aromatic rings. The van der Waals surface area contributed by atoms with E-state index >= 15 is 0 Å². The molecule has 37 heavy (non-hydrogen) atoms. The Kier molecular flexibility index (Phi) is 7.35. The highest BCUT2D eigenvalue weighted by Crippen LogP contribution is 2.38. The summed E-state index contributed by atoms with van der Waals surface area (Å²) in [5, 5.41) is 2.05. The fourth-order valence-corrected chi connectivity index (χ4v) is 7.80. The van der Waals surface area contributed by atoms with Gasteiger partial charge in [0.15, 0.2) is 0 Å². The third-order valence-corrected chi connectivity index (χ3v) is 10.2. The Morgan fingerprint density at radius 1 is 1.11 bits per heavy atom. The summed E-state index contributed by atoms with van der Waals surface area (Å²) in [6.07, 6.45) is 0.844. The third kappa shape index (κ3) is 5.16. The van der Waals surface area contributed by atoms with E-state index in [1.807, 2.05) is 18.4 Å². The first kappa shape index (κ1) is 25.8. The van der Waals surface area contributed by atoms with Crippen molar-refractivity contribution >= 4 is 27.3 Å². The molecule has 0 aliphatic carbocycles. The first-order valence-corrected chi connectivity index (χ1v) is 14.6. The Bertz CT molecular complexity index is 1380. The molecule has 0 bridgehead atoms. The van der Waals surface area contributed by atoms with E-state index in [4.69, 9.17) is 4.74 Å². The molecular formula is C27H30FN3O4S2. The smallest absolute Gasteiger partial charge is 0.243 e. The number of rotatable bonds is 6. The number of fused-ring (bicyclic) bond motifs is 1. The van der Waals surface area contributed by atoms with E-state index in [9.17, 15) is 17.6 Å². The van der Waals surface area contributed by atoms with Crippen molar-refractivity contribution in [2.75, 3.05) is 39.8 Å². The third-order valence-electron chi connectivity index (χ3n) is 7.15. The fraction of sp³-hybridized carbons (Fsp3) is 0.370. The molecule has 3 heterocycles. The largest absolute Gasteiger partial charge is 0.497 e. The normalized spacial score (nSPS) is 21.0. The van der Waals surface area contributed by atoms with Crippen LogP contribution in [0.4, 0.5) is 4.39 Å². The average Bonchev–Trinajstić information content (AvgIpc) is 3.37. The molecule has 1 aromatic heterocycles. The Labute approximate surface area is 221 Å². The zero-order valence-electron chi connectivity index (χ0n) is 20.8. The number of halogens is 1. The van der Waals surface area contributed by atoms with Crippen molar-refractivity contribution in [2.24, 2.45) is 0 Å². The zero-order valence-corrected chi connectivity index (χ0v) is 22.5. The monoisotopic (exact) mass is 543 g/mol. The molecule has 1 saturated heterocycles. The zero-order chi connectivity index (χ0) is 26.2. The van der Waals surface area contributed by atoms with Gasteiger partial charge in [0.1, 0.15) is 11.6 Å². The van der Waals surface area contributed by atoms with E-state index in [1.165, 1.54) is 22.4 Å². The lowest BCUT2D eigenvalue weighted by atomic mass is 9.93. The second kappa shape index (κ2) is 10.5. The summed E-state index contributed by atoms with van der Waals surface area (Å²) in [6, 6.07) is 14.4. The van der Waals surface area contributed by atoms with Crippen molar-refractivity contribution in [1.29, 1.82) is 0 Å². The van der Waals surface area contributed by atoms with E-state index in [-0.39, 0.29) is 41.8 Å². The number of nitrogens with zero attached hydrogens (tertiary/aromatic N) is 3. The minimum Gasteiger partial charge on any atom is -0.497 e. The summed E-state index contributed by atoms with van der Waals surface area (Å²) in [7, 11) is -2.16. The van der Waals surface area contributed by atoms with E-state index in [0.29, 0.717) is 25.4 Å². The van der Waals surface area contributed by atoms with E-state index in [1.54, 1.807) is 52.6 Å². The van der Waals surface area contributed by atoms with E-state index in [0.717, 1.165) is 17.5 Å². The Hall–Kier alpha value is -2.79. The molecule has 2 aromatic carbocycles. The van der Waals surface area contributed by atoms with Crippen molar-refractivity contribution < 1.29 is 22.3 Å². The van der Waals surface area contributed by atoms with Crippen LogP contribution in [0.15, 0.2) is 64.9 Å². The molecule has 0 spiro atoms. The van der Waals surface area contributed by atoms with Crippen LogP contribution >= 0.6 is 11.3 Å². The summed E-state index contributed by atoms with van der Waals surface area (Å²) < 4.78 is 47.2. The van der Waals surface area contributed by atoms with Gasteiger partial charge >= 0.3 is 0 Å². The van der Waals surface area contributed by atoms with Gasteiger partial charge in [0.25, 0.3) is 0 Å². The SMILES string of the molecule is COc1ccc(S(=O)(=O)N2CCN(C(=O)CN3CCc4sccc4C3c3cccc(F)c3)CC2C)cc1. The number of amides is 1. The van der Waals surface area contributed by atoms with Crippen molar-refractivity contribution in [1.82, 2.24) is 14.1 Å². The number of carbonyl (C=O) groups excluding carboxylic acids is 1. The molecule has 196 valence electrons. The first-order chi connectivity index (χ1) is 17.8. The quantitative estimate of drug-likeness (QED) is 0.474. The van der Waals surface area contributed by atoms with Gasteiger partial charge in [-0.05, 0) is 72.3 Å². The van der Waals surface area contributed by atoms with Crippen molar-refractivity contribution in [3.05, 3.63) is 81.8 Å². The second-order valence-corrected chi connectivity index (χ2v) is 12.3. The molecule has 10 heteroatoms. The lowest BCUT2D eigenvalue weighted by Gasteiger charge is -2.41. The van der Waals surface area contributed by atoms with Crippen LogP contribution in [0.1, 0.15) is 29.0 Å². The van der Waals surface area contributed by atoms with Gasteiger partial charge in [0, 0.05) is 37.1 Å². The van der Waals surface area contributed by atoms with E-state index in [2.05, 4.69) is 11.0 Å². The topological polar surface area (TPSA) is 70.2 Å². The Morgan fingerprint density at radius 2 is 1.89 bits per heavy atom. The summed E-state index contributed by atoms with van der Waals surface area (Å²) in [5.74, 6) is 0.244. The Morgan fingerprint density at radius 3 is 2.59 bits per heavy atom. The van der Waals surface area contributed by atoms with Gasteiger partial charge in [-0.15, -0.1) is 11.3 Å². The van der Waals surface area contributed by atoms with Crippen LogP contribution in [0, 0.1) is 5.82 Å². The van der Waals surface area contributed by atoms with Gasteiger partial charge in [0.2, 0.25) is 15.9 Å². The molecule has 2 aliphatic heterocycles. The highest BCUT2D eigenvalue weighted by atomic mass is 32.2. The maximum Gasteiger partial charge on any atom is 0.243 e. The molecule has 7 nitrogen and oxygen atoms in total. The van der Waals surface area contributed by atoms with Crippen LogP contribution in [0.2, 0.25) is 0 Å². The van der Waals surface area contributed by atoms with Crippen molar-refractivity contribution in [2.45, 2.75) is 30.3 Å². The van der Waals surface area contributed by atoms with Crippen LogP contribution in [0.3, 0.4) is 0 Å². The number of methoxy groups -OCH3 is 1. The molecule has 0 saturated carbocycles. The van der Waals surface area contributed by atoms with Gasteiger partial charge in [-0.3, -0.25) is 9.69 Å². The lowest BCUT2D eigenvalue weighted by molar-refractivity contribution is -0.135. The second-order valence-electron chi connectivity index (χ2n) is 9.46. The highest BCUT2D eigenvalue weighted by Gasteiger charge is 2.37. The number of thiophene rings is 1. The van der Waals surface area contributed by atoms with Crippen molar-refractivity contribution in [3.8, 4) is 5.75 Å². The van der Waals surface area contributed by atoms with Gasteiger partial charge in [-0.1, -0.05) is 12.1 Å². The first-order valence-electron chi connectivity index (χ1n) is 12.3. The van der Waals surface area contributed by atoms with Gasteiger partial charge in [0.05, 0.1) is 24.6 Å². The Balaban J connectivity index is 1.29. The van der Waals surface area contributed by atoms with Gasteiger partial charge in [-0.2, -0.15) is 4.31 Å². The molecular weight excluding hydrogens is 513 g/mol. The minimum absolute atomic E-state index is 0.0478. The summed E-state index contributed by atoms with van der Waals surface area (Å²) in [4.78, 5) is 18.8. The molecule has 2 aliphatic rings. The highest BCUT2D eigenvalue weighted by molar-refractivity contribution is 7.89. The van der Waals surface area contributed by atoms with Crippen LogP contribution in [0.5, 0.6) is 5.75 Å². The molecule has 0 N–H and O–H groups in total. The number of hydrogen-bond acceptors (Lipinski definition) is 6. The van der Waals surface area contributed by atoms with Crippen molar-refractivity contribution in [3.63, 3.8) is 0 Å². The van der Waals surface area contributed by atoms with Crippen LogP contribution in [-0.4, -0.2) is 74.3 Å². The predicted molar refractivity (Wildman–Crippen MR) is 141 cm³/mol. The molecule has 2 unspecified atom stereocenters. The van der Waals surface area contributed by atoms with Gasteiger partial charge < -0.3 is 9.64 Å². The number of piperazine rings is 1. The molecule has 0 radical (unpaired) electrons. The van der Waals surface area contributed by atoms with Gasteiger partial charge in [-0.25, -0.2) is 12.8 Å². The predicted octanol–water partition coefficient (Wildman–Crippen LogP) is 3.76. The molecule has 1 fully saturated rings. The maximum absolute atomic E-state index is 14.1. The number of ether oxygens (including phenoxy) is 1. The van der Waals surface area contributed by atoms with Crippen LogP contribution in [-0.2, 0) is 21.2 Å². The summed E-state index contributed by atoms with van der Waals surface area (Å²) in [5.41, 5.74) is 1.95. The summed E-state index contributed by atoms with van der Waals surface area (Å²) in [6.45, 7) is 3.57. The molecule has 2 atom stereocenters. The minimum atomic E-state index is -3.69. The molecule has 5 rings (SSSR count). The van der Waals surface area contributed by atoms with E-state index < -0.39 is 10.0 Å². The standard InChI is InChI=1S/C27H30FN3O4S2/c1-19-17-29(13-14-31(19)37(33,34)23-8-6-22(35-2)7-9-23)26(32)18-30-12-10-25-24(11-15-36-25)27(30)20-4-3-5-21(28)16-20/h3-9,11,15-16,19,27H,10,12-14,17-18H2,1-2H3. The number of carbonyl (C=O) groups is 1. The lowest BCUT2D eigenvalue weighted by Crippen LogP contribution is -2.57. The number of hydrogen-bond donors (Lipinski definition) is 0. The average molecular weight is 544 g/mol. The molecule has 1 amide bonds. The van der Waals surface area contributed by atoms with Crippen LogP contribution < -0.4 is 4.74 Å². The maximum atomic E-state index is 14.1. The van der Waals surface area contributed by atoms with Crippen LogP contribution in [0.25, 0.3) is 0 Å².